The van der Waals surface area contributed by atoms with Crippen LogP contribution in [0, 0.1) is 12.8 Å². The van der Waals surface area contributed by atoms with Crippen LogP contribution in [-0.2, 0) is 4.79 Å². The van der Waals surface area contributed by atoms with Crippen LogP contribution in [-0.4, -0.2) is 27.1 Å². The van der Waals surface area contributed by atoms with Crippen LogP contribution in [0.5, 0.6) is 0 Å². The maximum atomic E-state index is 11.4. The fraction of sp³-hybridized carbons (Fsp3) is 0.615. The molecule has 18 heavy (non-hydrogen) atoms. The Bertz CT molecular complexity index is 416. The van der Waals surface area contributed by atoms with E-state index in [1.165, 1.54) is 6.42 Å². The average Bonchev–Trinajstić information content (AvgIpc) is 2.37. The second-order valence-electron chi connectivity index (χ2n) is 4.88. The van der Waals surface area contributed by atoms with Gasteiger partial charge >= 0.3 is 5.97 Å². The van der Waals surface area contributed by atoms with E-state index >= 15 is 0 Å². The van der Waals surface area contributed by atoms with Crippen molar-refractivity contribution in [2.45, 2.75) is 45.1 Å². The highest BCUT2D eigenvalue weighted by Crippen LogP contribution is 2.27. The number of hydrogen-bond acceptors (Lipinski definition) is 4. The van der Waals surface area contributed by atoms with Crippen LogP contribution in [0.15, 0.2) is 12.3 Å². The molecular weight excluding hydrogens is 230 g/mol. The van der Waals surface area contributed by atoms with E-state index in [0.717, 1.165) is 31.4 Å². The number of aryl methyl sites for hydroxylation is 1. The van der Waals surface area contributed by atoms with E-state index in [1.54, 1.807) is 12.3 Å². The highest BCUT2D eigenvalue weighted by molar-refractivity contribution is 5.77. The van der Waals surface area contributed by atoms with E-state index in [4.69, 9.17) is 0 Å². The lowest BCUT2D eigenvalue weighted by molar-refractivity contribution is -0.139. The van der Waals surface area contributed by atoms with E-state index in [1.807, 2.05) is 6.92 Å². The highest BCUT2D eigenvalue weighted by atomic mass is 16.4. The average molecular weight is 249 g/mol. The van der Waals surface area contributed by atoms with Crippen molar-refractivity contribution in [3.63, 3.8) is 0 Å². The predicted molar refractivity (Wildman–Crippen MR) is 68.4 cm³/mol. The fourth-order valence-corrected chi connectivity index (χ4v) is 2.51. The number of carboxylic acid groups (broad SMARTS) is 1. The van der Waals surface area contributed by atoms with Gasteiger partial charge in [0.1, 0.15) is 6.04 Å². The fourth-order valence-electron chi connectivity index (χ4n) is 2.51. The summed E-state index contributed by atoms with van der Waals surface area (Å²) >= 11 is 0. The summed E-state index contributed by atoms with van der Waals surface area (Å²) in [5.74, 6) is -0.222. The molecular formula is C13H19N3O2. The monoisotopic (exact) mass is 249 g/mol. The number of carboxylic acids is 1. The molecule has 1 aliphatic carbocycles. The Morgan fingerprint density at radius 3 is 2.78 bits per heavy atom. The molecule has 1 heterocycles. The van der Waals surface area contributed by atoms with E-state index in [-0.39, 0.29) is 5.92 Å². The van der Waals surface area contributed by atoms with Gasteiger partial charge in [0, 0.05) is 11.9 Å². The molecule has 2 rings (SSSR count). The van der Waals surface area contributed by atoms with Gasteiger partial charge < -0.3 is 10.4 Å². The SMILES string of the molecule is Cc1ccnc(NC(C(=O)O)C2CCCCC2)n1. The van der Waals surface area contributed by atoms with Crippen molar-refractivity contribution in [3.8, 4) is 0 Å². The molecule has 2 N–H and O–H groups in total. The van der Waals surface area contributed by atoms with E-state index < -0.39 is 12.0 Å². The van der Waals surface area contributed by atoms with Crippen molar-refractivity contribution in [2.75, 3.05) is 5.32 Å². The molecule has 0 saturated heterocycles. The van der Waals surface area contributed by atoms with Gasteiger partial charge in [-0.1, -0.05) is 19.3 Å². The second-order valence-corrected chi connectivity index (χ2v) is 4.88. The Labute approximate surface area is 107 Å². The first kappa shape index (κ1) is 12.8. The zero-order valence-corrected chi connectivity index (χ0v) is 10.6. The Morgan fingerprint density at radius 2 is 2.17 bits per heavy atom. The zero-order chi connectivity index (χ0) is 13.0. The standard InChI is InChI=1S/C13H19N3O2/c1-9-7-8-14-13(15-9)16-11(12(17)18)10-5-3-2-4-6-10/h7-8,10-11H,2-6H2,1H3,(H,17,18)(H,14,15,16). The summed E-state index contributed by atoms with van der Waals surface area (Å²) in [5.41, 5.74) is 0.834. The van der Waals surface area contributed by atoms with Gasteiger partial charge in [-0.25, -0.2) is 14.8 Å². The summed E-state index contributed by atoms with van der Waals surface area (Å²) in [5, 5.41) is 12.3. The molecule has 0 aromatic carbocycles. The molecule has 0 amide bonds. The van der Waals surface area contributed by atoms with Gasteiger partial charge in [-0.05, 0) is 31.7 Å². The van der Waals surface area contributed by atoms with Crippen molar-refractivity contribution in [1.82, 2.24) is 9.97 Å². The van der Waals surface area contributed by atoms with Crippen LogP contribution in [0.25, 0.3) is 0 Å². The number of nitrogens with zero attached hydrogens (tertiary/aromatic N) is 2. The Hall–Kier alpha value is -1.65. The summed E-state index contributed by atoms with van der Waals surface area (Å²) in [6.45, 7) is 1.86. The van der Waals surface area contributed by atoms with Crippen molar-refractivity contribution in [2.24, 2.45) is 5.92 Å². The van der Waals surface area contributed by atoms with Crippen LogP contribution in [0.4, 0.5) is 5.95 Å². The molecule has 1 saturated carbocycles. The Kier molecular flexibility index (Phi) is 4.12. The number of aliphatic carboxylic acids is 1. The van der Waals surface area contributed by atoms with Crippen molar-refractivity contribution in [1.29, 1.82) is 0 Å². The molecule has 5 heteroatoms. The maximum Gasteiger partial charge on any atom is 0.326 e. The highest BCUT2D eigenvalue weighted by Gasteiger charge is 2.29. The smallest absolute Gasteiger partial charge is 0.326 e. The molecule has 0 spiro atoms. The minimum Gasteiger partial charge on any atom is -0.480 e. The van der Waals surface area contributed by atoms with Crippen LogP contribution in [0.3, 0.4) is 0 Å². The number of aromatic nitrogens is 2. The van der Waals surface area contributed by atoms with Gasteiger partial charge in [-0.15, -0.1) is 0 Å². The molecule has 1 aromatic heterocycles. The van der Waals surface area contributed by atoms with Crippen molar-refractivity contribution < 1.29 is 9.90 Å². The summed E-state index contributed by atoms with van der Waals surface area (Å²) in [4.78, 5) is 19.6. The van der Waals surface area contributed by atoms with E-state index in [2.05, 4.69) is 15.3 Å². The summed E-state index contributed by atoms with van der Waals surface area (Å²) in [6.07, 6.45) is 7.02. The molecule has 1 unspecified atom stereocenters. The molecule has 5 nitrogen and oxygen atoms in total. The predicted octanol–water partition coefficient (Wildman–Crippen LogP) is 2.23. The van der Waals surface area contributed by atoms with Gasteiger partial charge in [-0.3, -0.25) is 0 Å². The quantitative estimate of drug-likeness (QED) is 0.855. The lowest BCUT2D eigenvalue weighted by atomic mass is 9.84. The van der Waals surface area contributed by atoms with Gasteiger partial charge in [0.25, 0.3) is 0 Å². The number of rotatable bonds is 4. The first-order valence-corrected chi connectivity index (χ1v) is 6.46. The largest absolute Gasteiger partial charge is 0.480 e. The van der Waals surface area contributed by atoms with Crippen molar-refractivity contribution >= 4 is 11.9 Å². The maximum absolute atomic E-state index is 11.4. The second kappa shape index (κ2) is 5.80. The first-order chi connectivity index (χ1) is 8.66. The summed E-state index contributed by atoms with van der Waals surface area (Å²) in [6, 6.07) is 1.22. The number of nitrogens with one attached hydrogen (secondary N) is 1. The number of anilines is 1. The van der Waals surface area contributed by atoms with Crippen LogP contribution in [0.1, 0.15) is 37.8 Å². The summed E-state index contributed by atoms with van der Waals surface area (Å²) in [7, 11) is 0. The molecule has 1 atom stereocenters. The summed E-state index contributed by atoms with van der Waals surface area (Å²) < 4.78 is 0. The van der Waals surface area contributed by atoms with Crippen LogP contribution < -0.4 is 5.32 Å². The van der Waals surface area contributed by atoms with Crippen LogP contribution in [0.2, 0.25) is 0 Å². The normalized spacial score (nSPS) is 18.3. The van der Waals surface area contributed by atoms with Gasteiger partial charge in [0.15, 0.2) is 0 Å². The lowest BCUT2D eigenvalue weighted by Crippen LogP contribution is -2.38. The minimum absolute atomic E-state index is 0.181. The van der Waals surface area contributed by atoms with Gasteiger partial charge in [-0.2, -0.15) is 0 Å². The first-order valence-electron chi connectivity index (χ1n) is 6.46. The van der Waals surface area contributed by atoms with Gasteiger partial charge in [0.2, 0.25) is 5.95 Å². The molecule has 1 aromatic rings. The lowest BCUT2D eigenvalue weighted by Gasteiger charge is -2.27. The van der Waals surface area contributed by atoms with Crippen LogP contribution >= 0.6 is 0 Å². The third kappa shape index (κ3) is 3.18. The third-order valence-corrected chi connectivity index (χ3v) is 3.47. The zero-order valence-electron chi connectivity index (χ0n) is 10.6. The van der Waals surface area contributed by atoms with Gasteiger partial charge in [0.05, 0.1) is 0 Å². The van der Waals surface area contributed by atoms with E-state index in [9.17, 15) is 9.90 Å². The molecule has 1 aliphatic rings. The molecule has 0 aliphatic heterocycles. The molecule has 1 fully saturated rings. The van der Waals surface area contributed by atoms with E-state index in [0.29, 0.717) is 5.95 Å². The Balaban J connectivity index is 2.08. The number of carbonyl (C=O) groups is 1. The minimum atomic E-state index is -0.813. The number of hydrogen-bond donors (Lipinski definition) is 2. The third-order valence-electron chi connectivity index (χ3n) is 3.47. The molecule has 0 radical (unpaired) electrons. The molecule has 98 valence electrons. The van der Waals surface area contributed by atoms with Crippen molar-refractivity contribution in [3.05, 3.63) is 18.0 Å². The topological polar surface area (TPSA) is 75.1 Å². The molecule has 0 bridgehead atoms. The Morgan fingerprint density at radius 1 is 1.44 bits per heavy atom.